The SMILES string of the molecule is CC(C)C(=O)C1=C(O)C(=O)N(CCN(C)C)C1c1ccc(N(C)C)cc1. The lowest BCUT2D eigenvalue weighted by atomic mass is 9.91. The highest BCUT2D eigenvalue weighted by Gasteiger charge is 2.43. The zero-order valence-corrected chi connectivity index (χ0v) is 16.5. The molecule has 1 aliphatic heterocycles. The molecule has 0 radical (unpaired) electrons. The number of carbonyl (C=O) groups is 2. The number of likely N-dealkylation sites (N-methyl/N-ethyl adjacent to an activating group) is 1. The molecule has 1 heterocycles. The largest absolute Gasteiger partial charge is 0.503 e. The summed E-state index contributed by atoms with van der Waals surface area (Å²) in [5.41, 5.74) is 2.07. The van der Waals surface area contributed by atoms with Crippen LogP contribution in [0.5, 0.6) is 0 Å². The number of amides is 1. The Morgan fingerprint density at radius 2 is 1.73 bits per heavy atom. The van der Waals surface area contributed by atoms with Gasteiger partial charge in [0.25, 0.3) is 5.91 Å². The van der Waals surface area contributed by atoms with Crippen molar-refractivity contribution in [2.75, 3.05) is 46.2 Å². The van der Waals surface area contributed by atoms with Crippen molar-refractivity contribution in [2.45, 2.75) is 19.9 Å². The molecule has 1 unspecified atom stereocenters. The second kappa shape index (κ2) is 7.91. The van der Waals surface area contributed by atoms with Gasteiger partial charge in [-0.15, -0.1) is 0 Å². The minimum Gasteiger partial charge on any atom is -0.503 e. The van der Waals surface area contributed by atoms with Crippen LogP contribution in [-0.2, 0) is 9.59 Å². The Morgan fingerprint density at radius 3 is 2.19 bits per heavy atom. The standard InChI is InChI=1S/C20H29N3O3/c1-13(2)18(24)16-17(14-7-9-15(10-8-14)22(5)6)23(12-11-21(3)4)20(26)19(16)25/h7-10,13,17,25H,11-12H2,1-6H3. The molecule has 0 bridgehead atoms. The van der Waals surface area contributed by atoms with Crippen molar-refractivity contribution in [1.29, 1.82) is 0 Å². The molecule has 6 heteroatoms. The minimum absolute atomic E-state index is 0.190. The van der Waals surface area contributed by atoms with E-state index >= 15 is 0 Å². The molecule has 1 aromatic rings. The maximum absolute atomic E-state index is 12.7. The number of nitrogens with zero attached hydrogens (tertiary/aromatic N) is 3. The van der Waals surface area contributed by atoms with E-state index in [1.165, 1.54) is 0 Å². The highest BCUT2D eigenvalue weighted by Crippen LogP contribution is 2.39. The van der Waals surface area contributed by atoms with E-state index in [1.807, 2.05) is 62.3 Å². The normalized spacial score (nSPS) is 17.6. The number of ketones is 1. The molecule has 0 aliphatic carbocycles. The zero-order chi connectivity index (χ0) is 19.6. The number of aliphatic hydroxyl groups excluding tert-OH is 1. The van der Waals surface area contributed by atoms with E-state index in [2.05, 4.69) is 0 Å². The van der Waals surface area contributed by atoms with Gasteiger partial charge in [-0.1, -0.05) is 26.0 Å². The van der Waals surface area contributed by atoms with Crippen molar-refractivity contribution in [3.63, 3.8) is 0 Å². The fourth-order valence-corrected chi connectivity index (χ4v) is 3.06. The number of carbonyl (C=O) groups excluding carboxylic acids is 2. The second-order valence-corrected chi connectivity index (χ2v) is 7.47. The summed E-state index contributed by atoms with van der Waals surface area (Å²) in [6.07, 6.45) is 0. The molecule has 0 saturated heterocycles. The molecule has 0 fully saturated rings. The summed E-state index contributed by atoms with van der Waals surface area (Å²) in [5, 5.41) is 10.4. The van der Waals surface area contributed by atoms with Gasteiger partial charge >= 0.3 is 0 Å². The number of hydrogen-bond donors (Lipinski definition) is 1. The van der Waals surface area contributed by atoms with Gasteiger partial charge in [0.2, 0.25) is 0 Å². The molecule has 1 atom stereocenters. The zero-order valence-electron chi connectivity index (χ0n) is 16.5. The summed E-state index contributed by atoms with van der Waals surface area (Å²) < 4.78 is 0. The lowest BCUT2D eigenvalue weighted by Crippen LogP contribution is -2.36. The van der Waals surface area contributed by atoms with Crippen LogP contribution >= 0.6 is 0 Å². The molecule has 0 aromatic heterocycles. The van der Waals surface area contributed by atoms with Gasteiger partial charge in [0, 0.05) is 38.8 Å². The summed E-state index contributed by atoms with van der Waals surface area (Å²) in [6, 6.07) is 7.20. The van der Waals surface area contributed by atoms with E-state index in [1.54, 1.807) is 18.7 Å². The molecule has 1 N–H and O–H groups in total. The Morgan fingerprint density at radius 1 is 1.15 bits per heavy atom. The van der Waals surface area contributed by atoms with E-state index in [0.29, 0.717) is 13.1 Å². The van der Waals surface area contributed by atoms with Crippen molar-refractivity contribution < 1.29 is 14.7 Å². The summed E-state index contributed by atoms with van der Waals surface area (Å²) in [4.78, 5) is 30.9. The third-order valence-electron chi connectivity index (χ3n) is 4.61. The number of hydrogen-bond acceptors (Lipinski definition) is 5. The van der Waals surface area contributed by atoms with Crippen molar-refractivity contribution in [3.05, 3.63) is 41.2 Å². The second-order valence-electron chi connectivity index (χ2n) is 7.47. The van der Waals surface area contributed by atoms with Gasteiger partial charge < -0.3 is 19.8 Å². The molecule has 6 nitrogen and oxygen atoms in total. The lowest BCUT2D eigenvalue weighted by molar-refractivity contribution is -0.129. The van der Waals surface area contributed by atoms with E-state index in [-0.39, 0.29) is 17.3 Å². The van der Waals surface area contributed by atoms with Crippen LogP contribution < -0.4 is 4.90 Å². The fraction of sp³-hybridized carbons (Fsp3) is 0.500. The van der Waals surface area contributed by atoms with Crippen molar-refractivity contribution >= 4 is 17.4 Å². The Kier molecular flexibility index (Phi) is 6.08. The van der Waals surface area contributed by atoms with E-state index in [0.717, 1.165) is 11.3 Å². The predicted octanol–water partition coefficient (Wildman–Crippen LogP) is 2.23. The van der Waals surface area contributed by atoms with Crippen LogP contribution in [0.15, 0.2) is 35.6 Å². The van der Waals surface area contributed by atoms with Crippen LogP contribution in [0.2, 0.25) is 0 Å². The number of anilines is 1. The van der Waals surface area contributed by atoms with Gasteiger partial charge in [-0.25, -0.2) is 0 Å². The summed E-state index contributed by atoms with van der Waals surface area (Å²) in [5.74, 6) is -1.37. The first kappa shape index (κ1) is 20.0. The Hall–Kier alpha value is -2.34. The minimum atomic E-state index is -0.548. The van der Waals surface area contributed by atoms with Gasteiger partial charge in [-0.05, 0) is 31.8 Å². The Labute approximate surface area is 155 Å². The lowest BCUT2D eigenvalue weighted by Gasteiger charge is -2.28. The number of Topliss-reactive ketones (excluding diaryl/α,β-unsaturated/α-hetero) is 1. The maximum Gasteiger partial charge on any atom is 0.290 e. The summed E-state index contributed by atoms with van der Waals surface area (Å²) in [7, 11) is 7.76. The molecular weight excluding hydrogens is 330 g/mol. The van der Waals surface area contributed by atoms with Crippen LogP contribution in [0.25, 0.3) is 0 Å². The maximum atomic E-state index is 12.7. The molecule has 26 heavy (non-hydrogen) atoms. The van der Waals surface area contributed by atoms with E-state index < -0.39 is 17.7 Å². The molecular formula is C20H29N3O3. The highest BCUT2D eigenvalue weighted by atomic mass is 16.3. The first-order valence-corrected chi connectivity index (χ1v) is 8.85. The molecule has 1 aromatic carbocycles. The number of rotatable bonds is 7. The first-order valence-electron chi connectivity index (χ1n) is 8.85. The fourth-order valence-electron chi connectivity index (χ4n) is 3.06. The Bertz CT molecular complexity index is 706. The van der Waals surface area contributed by atoms with E-state index in [9.17, 15) is 14.7 Å². The highest BCUT2D eigenvalue weighted by molar-refractivity contribution is 6.09. The smallest absolute Gasteiger partial charge is 0.290 e. The predicted molar refractivity (Wildman–Crippen MR) is 103 cm³/mol. The molecule has 0 spiro atoms. The molecule has 1 aliphatic rings. The van der Waals surface area contributed by atoms with Crippen LogP contribution in [0.3, 0.4) is 0 Å². The average Bonchev–Trinajstić information content (AvgIpc) is 2.83. The first-order chi connectivity index (χ1) is 12.1. The molecule has 2 rings (SSSR count). The van der Waals surface area contributed by atoms with Gasteiger partial charge in [-0.2, -0.15) is 0 Å². The van der Waals surface area contributed by atoms with Crippen molar-refractivity contribution in [2.24, 2.45) is 5.92 Å². The van der Waals surface area contributed by atoms with Gasteiger partial charge in [0.15, 0.2) is 11.5 Å². The van der Waals surface area contributed by atoms with Crippen LogP contribution in [-0.4, -0.2) is 67.9 Å². The topological polar surface area (TPSA) is 64.1 Å². The third-order valence-corrected chi connectivity index (χ3v) is 4.61. The summed E-state index contributed by atoms with van der Waals surface area (Å²) in [6.45, 7) is 4.64. The van der Waals surface area contributed by atoms with Crippen molar-refractivity contribution in [3.8, 4) is 0 Å². The average molecular weight is 359 g/mol. The molecule has 142 valence electrons. The monoisotopic (exact) mass is 359 g/mol. The van der Waals surface area contributed by atoms with Crippen LogP contribution in [0.1, 0.15) is 25.5 Å². The van der Waals surface area contributed by atoms with Gasteiger partial charge in [0.1, 0.15) is 0 Å². The van der Waals surface area contributed by atoms with Crippen LogP contribution in [0, 0.1) is 5.92 Å². The molecule has 1 amide bonds. The third kappa shape index (κ3) is 3.90. The number of benzene rings is 1. The van der Waals surface area contributed by atoms with Gasteiger partial charge in [0.05, 0.1) is 11.6 Å². The molecule has 0 saturated carbocycles. The van der Waals surface area contributed by atoms with Crippen LogP contribution in [0.4, 0.5) is 5.69 Å². The quantitative estimate of drug-likeness (QED) is 0.809. The van der Waals surface area contributed by atoms with E-state index in [4.69, 9.17) is 0 Å². The van der Waals surface area contributed by atoms with Gasteiger partial charge in [-0.3, -0.25) is 9.59 Å². The Balaban J connectivity index is 2.48. The van der Waals surface area contributed by atoms with Crippen molar-refractivity contribution in [1.82, 2.24) is 9.80 Å². The number of aliphatic hydroxyl groups is 1. The summed E-state index contributed by atoms with van der Waals surface area (Å²) >= 11 is 0.